The molecule has 3 heteroatoms. The van der Waals surface area contributed by atoms with Crippen LogP contribution in [-0.4, -0.2) is 4.37 Å². The SMILES string of the molecule is Cc1ccccc1Oc1ccsn1. The minimum absolute atomic E-state index is 0.666. The van der Waals surface area contributed by atoms with E-state index in [2.05, 4.69) is 4.37 Å². The van der Waals surface area contributed by atoms with Gasteiger partial charge in [0, 0.05) is 11.4 Å². The third-order valence-electron chi connectivity index (χ3n) is 1.72. The van der Waals surface area contributed by atoms with Crippen molar-refractivity contribution in [3.05, 3.63) is 41.3 Å². The molecule has 0 amide bonds. The van der Waals surface area contributed by atoms with Gasteiger partial charge in [-0.25, -0.2) is 0 Å². The predicted octanol–water partition coefficient (Wildman–Crippen LogP) is 3.24. The van der Waals surface area contributed by atoms with Crippen LogP contribution in [0.2, 0.25) is 0 Å². The summed E-state index contributed by atoms with van der Waals surface area (Å²) in [6.45, 7) is 2.02. The summed E-state index contributed by atoms with van der Waals surface area (Å²) in [6, 6.07) is 9.76. The summed E-state index contributed by atoms with van der Waals surface area (Å²) in [6.07, 6.45) is 0. The summed E-state index contributed by atoms with van der Waals surface area (Å²) in [5.74, 6) is 1.53. The van der Waals surface area contributed by atoms with Crippen LogP contribution in [0.15, 0.2) is 35.7 Å². The Hall–Kier alpha value is -1.35. The molecule has 13 heavy (non-hydrogen) atoms. The van der Waals surface area contributed by atoms with Gasteiger partial charge < -0.3 is 4.74 Å². The Bertz CT molecular complexity index is 384. The molecular formula is C10H9NOS. The van der Waals surface area contributed by atoms with Crippen molar-refractivity contribution >= 4 is 11.5 Å². The molecule has 0 aliphatic rings. The Labute approximate surface area is 81.0 Å². The summed E-state index contributed by atoms with van der Waals surface area (Å²) in [7, 11) is 0. The molecule has 1 heterocycles. The molecule has 2 nitrogen and oxygen atoms in total. The molecule has 0 aliphatic heterocycles. The van der Waals surface area contributed by atoms with Crippen LogP contribution in [0.25, 0.3) is 0 Å². The lowest BCUT2D eigenvalue weighted by Crippen LogP contribution is -1.85. The van der Waals surface area contributed by atoms with Crippen LogP contribution in [0.5, 0.6) is 11.6 Å². The second-order valence-electron chi connectivity index (χ2n) is 2.71. The number of ether oxygens (including phenoxy) is 1. The highest BCUT2D eigenvalue weighted by atomic mass is 32.1. The fourth-order valence-corrected chi connectivity index (χ4v) is 1.48. The third kappa shape index (κ3) is 1.87. The lowest BCUT2D eigenvalue weighted by Gasteiger charge is -2.04. The van der Waals surface area contributed by atoms with E-state index < -0.39 is 0 Å². The molecule has 0 saturated heterocycles. The monoisotopic (exact) mass is 191 g/mol. The first-order valence-electron chi connectivity index (χ1n) is 4.00. The van der Waals surface area contributed by atoms with E-state index in [1.54, 1.807) is 0 Å². The number of nitrogens with zero attached hydrogens (tertiary/aromatic N) is 1. The summed E-state index contributed by atoms with van der Waals surface area (Å²) in [4.78, 5) is 0. The quantitative estimate of drug-likeness (QED) is 0.727. The van der Waals surface area contributed by atoms with Crippen LogP contribution < -0.4 is 4.74 Å². The Balaban J connectivity index is 2.24. The second-order valence-corrected chi connectivity index (χ2v) is 3.37. The van der Waals surface area contributed by atoms with Crippen molar-refractivity contribution < 1.29 is 4.74 Å². The van der Waals surface area contributed by atoms with Crippen LogP contribution in [0, 0.1) is 6.92 Å². The van der Waals surface area contributed by atoms with Gasteiger partial charge in [0.2, 0.25) is 5.88 Å². The first-order valence-corrected chi connectivity index (χ1v) is 4.84. The van der Waals surface area contributed by atoms with Crippen molar-refractivity contribution in [2.45, 2.75) is 6.92 Å². The van der Waals surface area contributed by atoms with Crippen LogP contribution in [0.1, 0.15) is 5.56 Å². The molecule has 0 bridgehead atoms. The zero-order valence-corrected chi connectivity index (χ0v) is 8.04. The number of aryl methyl sites for hydroxylation is 1. The highest BCUT2D eigenvalue weighted by molar-refractivity contribution is 7.03. The fraction of sp³-hybridized carbons (Fsp3) is 0.100. The molecule has 0 spiro atoms. The number of hydrogen-bond donors (Lipinski definition) is 0. The Morgan fingerprint density at radius 3 is 2.77 bits per heavy atom. The van der Waals surface area contributed by atoms with Crippen molar-refractivity contribution in [3.8, 4) is 11.6 Å². The van der Waals surface area contributed by atoms with E-state index >= 15 is 0 Å². The van der Waals surface area contributed by atoms with E-state index in [1.807, 2.05) is 42.6 Å². The highest BCUT2D eigenvalue weighted by Crippen LogP contribution is 2.23. The molecule has 0 fully saturated rings. The molecule has 2 rings (SSSR count). The molecule has 1 aromatic heterocycles. The molecule has 0 saturated carbocycles. The van der Waals surface area contributed by atoms with E-state index in [0.717, 1.165) is 11.3 Å². The summed E-state index contributed by atoms with van der Waals surface area (Å²) in [5.41, 5.74) is 1.12. The van der Waals surface area contributed by atoms with Crippen molar-refractivity contribution in [3.63, 3.8) is 0 Å². The Morgan fingerprint density at radius 1 is 1.23 bits per heavy atom. The number of aromatic nitrogens is 1. The molecule has 0 aliphatic carbocycles. The van der Waals surface area contributed by atoms with Gasteiger partial charge in [-0.2, -0.15) is 4.37 Å². The van der Waals surface area contributed by atoms with Crippen LogP contribution in [0.4, 0.5) is 0 Å². The number of benzene rings is 1. The van der Waals surface area contributed by atoms with Crippen LogP contribution in [0.3, 0.4) is 0 Å². The lowest BCUT2D eigenvalue weighted by atomic mass is 10.2. The number of rotatable bonds is 2. The molecule has 0 N–H and O–H groups in total. The van der Waals surface area contributed by atoms with Crippen molar-refractivity contribution in [1.29, 1.82) is 0 Å². The zero-order chi connectivity index (χ0) is 9.10. The Kier molecular flexibility index (Phi) is 2.27. The van der Waals surface area contributed by atoms with Crippen LogP contribution >= 0.6 is 11.5 Å². The molecule has 0 radical (unpaired) electrons. The number of hydrogen-bond acceptors (Lipinski definition) is 3. The van der Waals surface area contributed by atoms with E-state index in [4.69, 9.17) is 4.74 Å². The summed E-state index contributed by atoms with van der Waals surface area (Å²) < 4.78 is 9.62. The minimum Gasteiger partial charge on any atom is -0.438 e. The van der Waals surface area contributed by atoms with Crippen LogP contribution in [-0.2, 0) is 0 Å². The van der Waals surface area contributed by atoms with Crippen molar-refractivity contribution in [2.75, 3.05) is 0 Å². The second kappa shape index (κ2) is 3.58. The van der Waals surface area contributed by atoms with Gasteiger partial charge in [-0.05, 0) is 30.1 Å². The predicted molar refractivity (Wildman–Crippen MR) is 53.4 cm³/mol. The van der Waals surface area contributed by atoms with Gasteiger partial charge in [-0.1, -0.05) is 18.2 Å². The van der Waals surface area contributed by atoms with Gasteiger partial charge in [0.15, 0.2) is 0 Å². The van der Waals surface area contributed by atoms with Gasteiger partial charge in [0.05, 0.1) is 0 Å². The maximum absolute atomic E-state index is 5.55. The summed E-state index contributed by atoms with van der Waals surface area (Å²) >= 11 is 1.39. The van der Waals surface area contributed by atoms with Crippen molar-refractivity contribution in [1.82, 2.24) is 4.37 Å². The van der Waals surface area contributed by atoms with Gasteiger partial charge >= 0.3 is 0 Å². The topological polar surface area (TPSA) is 22.1 Å². The third-order valence-corrected chi connectivity index (χ3v) is 2.27. The fourth-order valence-electron chi connectivity index (χ4n) is 1.04. The standard InChI is InChI=1S/C10H9NOS/c1-8-4-2-3-5-9(8)12-10-6-7-13-11-10/h2-7H,1H3. The minimum atomic E-state index is 0.666. The summed E-state index contributed by atoms with van der Waals surface area (Å²) in [5, 5.41) is 1.90. The van der Waals surface area contributed by atoms with E-state index in [1.165, 1.54) is 11.5 Å². The maximum atomic E-state index is 5.55. The van der Waals surface area contributed by atoms with Gasteiger partial charge in [-0.3, -0.25) is 0 Å². The molecular weight excluding hydrogens is 182 g/mol. The molecule has 0 unspecified atom stereocenters. The van der Waals surface area contributed by atoms with Gasteiger partial charge in [0.25, 0.3) is 0 Å². The maximum Gasteiger partial charge on any atom is 0.230 e. The average molecular weight is 191 g/mol. The normalized spacial score (nSPS) is 9.92. The largest absolute Gasteiger partial charge is 0.438 e. The van der Waals surface area contributed by atoms with Gasteiger partial charge in [-0.15, -0.1) is 0 Å². The van der Waals surface area contributed by atoms with Crippen molar-refractivity contribution in [2.24, 2.45) is 0 Å². The first-order chi connectivity index (χ1) is 6.36. The van der Waals surface area contributed by atoms with E-state index in [-0.39, 0.29) is 0 Å². The average Bonchev–Trinajstić information content (AvgIpc) is 2.61. The Morgan fingerprint density at radius 2 is 2.08 bits per heavy atom. The zero-order valence-electron chi connectivity index (χ0n) is 7.23. The molecule has 66 valence electrons. The van der Waals surface area contributed by atoms with E-state index in [0.29, 0.717) is 5.88 Å². The smallest absolute Gasteiger partial charge is 0.230 e. The first kappa shape index (κ1) is 8.26. The molecule has 1 aromatic carbocycles. The molecule has 0 atom stereocenters. The van der Waals surface area contributed by atoms with E-state index in [9.17, 15) is 0 Å². The lowest BCUT2D eigenvalue weighted by molar-refractivity contribution is 0.465. The molecule has 2 aromatic rings. The number of para-hydroxylation sites is 1. The van der Waals surface area contributed by atoms with Gasteiger partial charge in [0.1, 0.15) is 5.75 Å². The highest BCUT2D eigenvalue weighted by Gasteiger charge is 2.00.